The zero-order valence-corrected chi connectivity index (χ0v) is 21.5. The van der Waals surface area contributed by atoms with Crippen LogP contribution in [0.25, 0.3) is 0 Å². The smallest absolute Gasteiger partial charge is 0.240 e. The van der Waals surface area contributed by atoms with Crippen LogP contribution in [-0.2, 0) is 25.2 Å². The summed E-state index contributed by atoms with van der Waals surface area (Å²) in [5.41, 5.74) is 0.622. The normalized spacial score (nSPS) is 15.6. The highest BCUT2D eigenvalue weighted by Crippen LogP contribution is 2.34. The number of carbonyl (C=O) groups is 3. The molecule has 9 nitrogen and oxygen atoms in total. The molecule has 3 amide bonds. The summed E-state index contributed by atoms with van der Waals surface area (Å²) in [6, 6.07) is 8.52. The van der Waals surface area contributed by atoms with Gasteiger partial charge in [-0.15, -0.1) is 0 Å². The first kappa shape index (κ1) is 26.9. The van der Waals surface area contributed by atoms with E-state index in [1.807, 2.05) is 0 Å². The highest BCUT2D eigenvalue weighted by Gasteiger charge is 2.25. The molecule has 0 radical (unpaired) electrons. The van der Waals surface area contributed by atoms with E-state index in [0.717, 1.165) is 43.1 Å². The Hall–Kier alpha value is -3.18. The summed E-state index contributed by atoms with van der Waals surface area (Å²) in [6.07, 6.45) is 4.90. The molecule has 0 saturated heterocycles. The number of halogens is 2. The molecule has 0 bridgehead atoms. The van der Waals surface area contributed by atoms with Gasteiger partial charge in [-0.1, -0.05) is 30.9 Å². The lowest BCUT2D eigenvalue weighted by Crippen LogP contribution is -2.46. The van der Waals surface area contributed by atoms with E-state index in [9.17, 15) is 23.0 Å². The van der Waals surface area contributed by atoms with Gasteiger partial charge in [-0.2, -0.15) is 0 Å². The van der Waals surface area contributed by atoms with Gasteiger partial charge >= 0.3 is 0 Å². The first-order valence-electron chi connectivity index (χ1n) is 11.9. The maximum atomic E-state index is 13.7. The fraction of sp³-hybridized carbons (Fsp3) is 0.400. The van der Waals surface area contributed by atoms with Crippen LogP contribution in [0.2, 0.25) is 5.02 Å². The molecule has 12 heteroatoms. The minimum absolute atomic E-state index is 0.0315. The fourth-order valence-electron chi connectivity index (χ4n) is 4.22. The van der Waals surface area contributed by atoms with Gasteiger partial charge in [0.1, 0.15) is 23.9 Å². The lowest BCUT2D eigenvalue weighted by molar-refractivity contribution is -0.123. The molecule has 1 aliphatic heterocycles. The third kappa shape index (κ3) is 7.42. The summed E-state index contributed by atoms with van der Waals surface area (Å²) >= 11 is 5.90. The zero-order valence-electron chi connectivity index (χ0n) is 20.0. The van der Waals surface area contributed by atoms with Crippen molar-refractivity contribution in [1.29, 1.82) is 0 Å². The summed E-state index contributed by atoms with van der Waals surface area (Å²) < 4.78 is 36.9. The topological polar surface area (TPSA) is 114 Å². The molecule has 1 fully saturated rings. The van der Waals surface area contributed by atoms with Crippen LogP contribution >= 0.6 is 11.6 Å². The SMILES string of the molecule is O=C(CS(=O)CC(=O)N(CC(=O)NC1CCCCC1)c1ccc(F)c(Cl)c1)Nc1ccc2c(c1)OCO2. The van der Waals surface area contributed by atoms with Crippen molar-refractivity contribution < 1.29 is 32.5 Å². The molecular weight excluding hydrogens is 525 g/mol. The van der Waals surface area contributed by atoms with Crippen LogP contribution in [0.4, 0.5) is 15.8 Å². The van der Waals surface area contributed by atoms with Gasteiger partial charge in [0.05, 0.1) is 5.02 Å². The predicted octanol–water partition coefficient (Wildman–Crippen LogP) is 3.38. The molecule has 1 unspecified atom stereocenters. The van der Waals surface area contributed by atoms with Crippen LogP contribution in [0, 0.1) is 5.82 Å². The monoisotopic (exact) mass is 551 g/mol. The lowest BCUT2D eigenvalue weighted by Gasteiger charge is -2.26. The van der Waals surface area contributed by atoms with Crippen molar-refractivity contribution in [3.63, 3.8) is 0 Å². The molecule has 1 saturated carbocycles. The van der Waals surface area contributed by atoms with Crippen LogP contribution < -0.4 is 25.0 Å². The Morgan fingerprint density at radius 1 is 1.00 bits per heavy atom. The number of benzene rings is 2. The number of hydrogen-bond acceptors (Lipinski definition) is 6. The van der Waals surface area contributed by atoms with Gasteiger partial charge < -0.3 is 25.0 Å². The highest BCUT2D eigenvalue weighted by atomic mass is 35.5. The summed E-state index contributed by atoms with van der Waals surface area (Å²) in [4.78, 5) is 39.3. The number of nitrogens with one attached hydrogen (secondary N) is 2. The number of fused-ring (bicyclic) bond motifs is 1. The van der Waals surface area contributed by atoms with Crippen LogP contribution in [-0.4, -0.2) is 52.8 Å². The van der Waals surface area contributed by atoms with E-state index >= 15 is 0 Å². The molecular formula is C25H27ClFN3O6S. The second-order valence-corrected chi connectivity index (χ2v) is 10.7. The van der Waals surface area contributed by atoms with E-state index in [-0.39, 0.29) is 36.0 Å². The maximum Gasteiger partial charge on any atom is 0.240 e. The summed E-state index contributed by atoms with van der Waals surface area (Å²) in [5, 5.41) is 5.33. The Labute approximate surface area is 221 Å². The number of nitrogens with zero attached hydrogens (tertiary/aromatic N) is 1. The Bertz CT molecular complexity index is 1210. The molecule has 0 aromatic heterocycles. The molecule has 1 heterocycles. The summed E-state index contributed by atoms with van der Waals surface area (Å²) in [6.45, 7) is -0.259. The fourth-order valence-corrected chi connectivity index (χ4v) is 5.30. The quantitative estimate of drug-likeness (QED) is 0.494. The van der Waals surface area contributed by atoms with E-state index in [1.54, 1.807) is 18.2 Å². The first-order chi connectivity index (χ1) is 17.8. The van der Waals surface area contributed by atoms with E-state index in [4.69, 9.17) is 21.1 Å². The van der Waals surface area contributed by atoms with E-state index in [1.165, 1.54) is 12.1 Å². The minimum atomic E-state index is -1.88. The number of rotatable bonds is 9. The average molecular weight is 552 g/mol. The van der Waals surface area contributed by atoms with E-state index < -0.39 is 39.9 Å². The zero-order chi connectivity index (χ0) is 26.4. The Balaban J connectivity index is 1.38. The first-order valence-corrected chi connectivity index (χ1v) is 13.7. The molecule has 2 N–H and O–H groups in total. The molecule has 2 aromatic carbocycles. The number of ether oxygens (including phenoxy) is 2. The predicted molar refractivity (Wildman–Crippen MR) is 138 cm³/mol. The molecule has 1 atom stereocenters. The third-order valence-electron chi connectivity index (χ3n) is 6.02. The molecule has 4 rings (SSSR count). The van der Waals surface area contributed by atoms with Crippen molar-refractivity contribution >= 4 is 51.5 Å². The number of amides is 3. The van der Waals surface area contributed by atoms with Gasteiger partial charge in [0.15, 0.2) is 11.5 Å². The highest BCUT2D eigenvalue weighted by molar-refractivity contribution is 7.86. The van der Waals surface area contributed by atoms with Crippen molar-refractivity contribution in [2.24, 2.45) is 0 Å². The second kappa shape index (κ2) is 12.4. The van der Waals surface area contributed by atoms with Crippen LogP contribution in [0.3, 0.4) is 0 Å². The van der Waals surface area contributed by atoms with Crippen LogP contribution in [0.1, 0.15) is 32.1 Å². The Kier molecular flexibility index (Phi) is 8.99. The van der Waals surface area contributed by atoms with E-state index in [2.05, 4.69) is 10.6 Å². The van der Waals surface area contributed by atoms with Crippen molar-refractivity contribution in [2.45, 2.75) is 38.1 Å². The van der Waals surface area contributed by atoms with Crippen molar-refractivity contribution in [1.82, 2.24) is 5.32 Å². The van der Waals surface area contributed by atoms with Gasteiger partial charge in [-0.25, -0.2) is 4.39 Å². The lowest BCUT2D eigenvalue weighted by atomic mass is 9.95. The van der Waals surface area contributed by atoms with Crippen molar-refractivity contribution in [2.75, 3.05) is 35.1 Å². The standard InChI is InChI=1S/C25H27ClFN3O6S/c26-19-11-18(7-8-20(19)27)30(12-23(31)28-16-4-2-1-3-5-16)25(33)14-37(34)13-24(32)29-17-6-9-21-22(10-17)36-15-35-21/h6-11,16H,1-5,12-15H2,(H,28,31)(H,29,32). The van der Waals surface area contributed by atoms with E-state index in [0.29, 0.717) is 17.2 Å². The number of carbonyl (C=O) groups excluding carboxylic acids is 3. The molecule has 0 spiro atoms. The summed E-state index contributed by atoms with van der Waals surface area (Å²) in [5.74, 6) is -2.19. The van der Waals surface area contributed by atoms with Crippen molar-refractivity contribution in [3.8, 4) is 11.5 Å². The summed E-state index contributed by atoms with van der Waals surface area (Å²) in [7, 11) is -1.88. The van der Waals surface area contributed by atoms with Crippen LogP contribution in [0.15, 0.2) is 36.4 Å². The number of anilines is 2. The number of hydrogen-bond donors (Lipinski definition) is 2. The molecule has 1 aliphatic carbocycles. The average Bonchev–Trinajstić information content (AvgIpc) is 3.32. The minimum Gasteiger partial charge on any atom is -0.454 e. The largest absolute Gasteiger partial charge is 0.454 e. The Morgan fingerprint density at radius 2 is 1.76 bits per heavy atom. The van der Waals surface area contributed by atoms with Gasteiger partial charge in [0, 0.05) is 34.3 Å². The third-order valence-corrected chi connectivity index (χ3v) is 7.46. The van der Waals surface area contributed by atoms with Gasteiger partial charge in [0.25, 0.3) is 0 Å². The molecule has 198 valence electrons. The Morgan fingerprint density at radius 3 is 2.51 bits per heavy atom. The second-order valence-electron chi connectivity index (χ2n) is 8.83. The van der Waals surface area contributed by atoms with Gasteiger partial charge in [-0.3, -0.25) is 18.6 Å². The van der Waals surface area contributed by atoms with Crippen LogP contribution in [0.5, 0.6) is 11.5 Å². The maximum absolute atomic E-state index is 13.7. The van der Waals surface area contributed by atoms with Gasteiger partial charge in [0.2, 0.25) is 24.5 Å². The van der Waals surface area contributed by atoms with Gasteiger partial charge in [-0.05, 0) is 43.2 Å². The molecule has 2 aromatic rings. The molecule has 37 heavy (non-hydrogen) atoms. The molecule has 2 aliphatic rings. The van der Waals surface area contributed by atoms with Crippen molar-refractivity contribution in [3.05, 3.63) is 47.2 Å².